The minimum absolute atomic E-state index is 0.0378. The van der Waals surface area contributed by atoms with Gasteiger partial charge in [-0.3, -0.25) is 4.79 Å². The first-order chi connectivity index (χ1) is 9.97. The Labute approximate surface area is 126 Å². The van der Waals surface area contributed by atoms with Gasteiger partial charge in [0.25, 0.3) is 0 Å². The van der Waals surface area contributed by atoms with Gasteiger partial charge in [0.05, 0.1) is 6.54 Å². The van der Waals surface area contributed by atoms with Gasteiger partial charge >= 0.3 is 6.09 Å². The molecule has 1 rings (SSSR count). The van der Waals surface area contributed by atoms with E-state index < -0.39 is 6.09 Å². The molecule has 1 N–H and O–H groups in total. The number of ketones is 1. The van der Waals surface area contributed by atoms with Gasteiger partial charge in [-0.1, -0.05) is 51.1 Å². The van der Waals surface area contributed by atoms with Crippen molar-refractivity contribution in [3.63, 3.8) is 0 Å². The standard InChI is InChI=1S/C17H25NO3/c1-13(2)9-14(3)10-16(19)11-18-17(20)21-12-15-7-5-4-6-8-15/h4-8,13-14H,9-12H2,1-3H3,(H,18,20). The summed E-state index contributed by atoms with van der Waals surface area (Å²) < 4.78 is 5.05. The molecule has 0 fully saturated rings. The Morgan fingerprint density at radius 3 is 2.43 bits per heavy atom. The predicted octanol–water partition coefficient (Wildman–Crippen LogP) is 3.55. The van der Waals surface area contributed by atoms with Crippen LogP contribution in [-0.2, 0) is 16.1 Å². The largest absolute Gasteiger partial charge is 0.445 e. The van der Waals surface area contributed by atoms with Crippen molar-refractivity contribution in [3.05, 3.63) is 35.9 Å². The lowest BCUT2D eigenvalue weighted by atomic mass is 9.94. The number of carbonyl (C=O) groups is 2. The van der Waals surface area contributed by atoms with E-state index in [2.05, 4.69) is 26.1 Å². The van der Waals surface area contributed by atoms with Crippen LogP contribution in [-0.4, -0.2) is 18.4 Å². The highest BCUT2D eigenvalue weighted by Gasteiger charge is 2.12. The molecule has 21 heavy (non-hydrogen) atoms. The van der Waals surface area contributed by atoms with Gasteiger partial charge in [0.1, 0.15) is 6.61 Å². The molecule has 1 aromatic rings. The third-order valence-corrected chi connectivity index (χ3v) is 3.09. The molecule has 0 radical (unpaired) electrons. The van der Waals surface area contributed by atoms with Crippen molar-refractivity contribution in [2.24, 2.45) is 11.8 Å². The highest BCUT2D eigenvalue weighted by molar-refractivity contribution is 5.84. The van der Waals surface area contributed by atoms with Gasteiger partial charge in [-0.25, -0.2) is 4.79 Å². The third-order valence-electron chi connectivity index (χ3n) is 3.09. The van der Waals surface area contributed by atoms with Crippen LogP contribution in [0.2, 0.25) is 0 Å². The molecular formula is C17H25NO3. The molecule has 4 heteroatoms. The summed E-state index contributed by atoms with van der Waals surface area (Å²) in [5.41, 5.74) is 0.921. The Bertz CT molecular complexity index is 443. The monoisotopic (exact) mass is 291 g/mol. The zero-order chi connectivity index (χ0) is 15.7. The van der Waals surface area contributed by atoms with Gasteiger partial charge in [-0.15, -0.1) is 0 Å². The van der Waals surface area contributed by atoms with E-state index in [1.807, 2.05) is 30.3 Å². The Balaban J connectivity index is 2.19. The average Bonchev–Trinajstić information content (AvgIpc) is 2.43. The number of ether oxygens (including phenoxy) is 1. The Hall–Kier alpha value is -1.84. The summed E-state index contributed by atoms with van der Waals surface area (Å²) in [6.07, 6.45) is 0.963. The van der Waals surface area contributed by atoms with Crippen LogP contribution in [0, 0.1) is 11.8 Å². The van der Waals surface area contributed by atoms with Crippen LogP contribution in [0.3, 0.4) is 0 Å². The van der Waals surface area contributed by atoms with E-state index in [0.717, 1.165) is 12.0 Å². The summed E-state index contributed by atoms with van der Waals surface area (Å²) >= 11 is 0. The van der Waals surface area contributed by atoms with Crippen LogP contribution in [0.25, 0.3) is 0 Å². The second-order valence-electron chi connectivity index (χ2n) is 5.89. The fourth-order valence-corrected chi connectivity index (χ4v) is 2.29. The number of nitrogens with one attached hydrogen (secondary N) is 1. The Morgan fingerprint density at radius 2 is 1.81 bits per heavy atom. The van der Waals surface area contributed by atoms with Crippen molar-refractivity contribution in [1.82, 2.24) is 5.32 Å². The van der Waals surface area contributed by atoms with Crippen LogP contribution in [0.15, 0.2) is 30.3 Å². The average molecular weight is 291 g/mol. The van der Waals surface area contributed by atoms with Gasteiger partial charge in [0, 0.05) is 6.42 Å². The number of amides is 1. The van der Waals surface area contributed by atoms with E-state index in [1.165, 1.54) is 0 Å². The van der Waals surface area contributed by atoms with Crippen molar-refractivity contribution in [2.75, 3.05) is 6.54 Å². The van der Waals surface area contributed by atoms with Crippen molar-refractivity contribution in [3.8, 4) is 0 Å². The van der Waals surface area contributed by atoms with Crippen LogP contribution in [0.4, 0.5) is 4.79 Å². The number of alkyl carbamates (subject to hydrolysis) is 1. The van der Waals surface area contributed by atoms with Crippen molar-refractivity contribution in [1.29, 1.82) is 0 Å². The van der Waals surface area contributed by atoms with Crippen molar-refractivity contribution >= 4 is 11.9 Å². The van der Waals surface area contributed by atoms with Gasteiger partial charge in [0.2, 0.25) is 0 Å². The van der Waals surface area contributed by atoms with Gasteiger partial charge in [-0.05, 0) is 23.8 Å². The van der Waals surface area contributed by atoms with Gasteiger partial charge in [-0.2, -0.15) is 0 Å². The number of carbonyl (C=O) groups excluding carboxylic acids is 2. The first-order valence-corrected chi connectivity index (χ1v) is 7.43. The molecule has 0 aliphatic heterocycles. The summed E-state index contributed by atoms with van der Waals surface area (Å²) in [6.45, 7) is 6.59. The molecule has 0 heterocycles. The first kappa shape index (κ1) is 17.2. The molecule has 1 aromatic carbocycles. The molecular weight excluding hydrogens is 266 g/mol. The maximum Gasteiger partial charge on any atom is 0.407 e. The number of rotatable bonds is 8. The normalized spacial score (nSPS) is 12.0. The molecule has 0 aliphatic carbocycles. The summed E-state index contributed by atoms with van der Waals surface area (Å²) in [7, 11) is 0. The zero-order valence-corrected chi connectivity index (χ0v) is 13.1. The first-order valence-electron chi connectivity index (χ1n) is 7.43. The van der Waals surface area contributed by atoms with Crippen molar-refractivity contribution < 1.29 is 14.3 Å². The predicted molar refractivity (Wildman–Crippen MR) is 82.9 cm³/mol. The SMILES string of the molecule is CC(C)CC(C)CC(=O)CNC(=O)OCc1ccccc1. The fourth-order valence-electron chi connectivity index (χ4n) is 2.29. The van der Waals surface area contributed by atoms with Crippen LogP contribution >= 0.6 is 0 Å². The van der Waals surface area contributed by atoms with E-state index in [-0.39, 0.29) is 18.9 Å². The van der Waals surface area contributed by atoms with E-state index in [0.29, 0.717) is 18.3 Å². The van der Waals surface area contributed by atoms with E-state index >= 15 is 0 Å². The Morgan fingerprint density at radius 1 is 1.14 bits per heavy atom. The quantitative estimate of drug-likeness (QED) is 0.797. The third kappa shape index (κ3) is 8.12. The lowest BCUT2D eigenvalue weighted by molar-refractivity contribution is -0.119. The molecule has 1 unspecified atom stereocenters. The highest BCUT2D eigenvalue weighted by Crippen LogP contribution is 2.14. The van der Waals surface area contributed by atoms with Gasteiger partial charge < -0.3 is 10.1 Å². The van der Waals surface area contributed by atoms with Gasteiger partial charge in [0.15, 0.2) is 5.78 Å². The van der Waals surface area contributed by atoms with E-state index in [1.54, 1.807) is 0 Å². The molecule has 0 spiro atoms. The van der Waals surface area contributed by atoms with E-state index in [9.17, 15) is 9.59 Å². The smallest absolute Gasteiger partial charge is 0.407 e. The molecule has 1 amide bonds. The maximum absolute atomic E-state index is 11.7. The maximum atomic E-state index is 11.7. The highest BCUT2D eigenvalue weighted by atomic mass is 16.5. The summed E-state index contributed by atoms with van der Waals surface area (Å²) in [5, 5.41) is 2.50. The zero-order valence-electron chi connectivity index (χ0n) is 13.1. The second kappa shape index (κ2) is 9.16. The fraction of sp³-hybridized carbons (Fsp3) is 0.529. The molecule has 116 valence electrons. The number of hydrogen-bond acceptors (Lipinski definition) is 3. The minimum atomic E-state index is -0.552. The topological polar surface area (TPSA) is 55.4 Å². The molecule has 1 atom stereocenters. The van der Waals surface area contributed by atoms with Crippen molar-refractivity contribution in [2.45, 2.75) is 40.2 Å². The lowest BCUT2D eigenvalue weighted by Crippen LogP contribution is -2.30. The summed E-state index contributed by atoms with van der Waals surface area (Å²) in [4.78, 5) is 23.2. The number of benzene rings is 1. The minimum Gasteiger partial charge on any atom is -0.445 e. The molecule has 0 aliphatic rings. The van der Waals surface area contributed by atoms with E-state index in [4.69, 9.17) is 4.74 Å². The number of hydrogen-bond donors (Lipinski definition) is 1. The van der Waals surface area contributed by atoms with Crippen LogP contribution in [0.5, 0.6) is 0 Å². The number of Topliss-reactive ketones (excluding diaryl/α,β-unsaturated/α-hetero) is 1. The molecule has 0 saturated heterocycles. The van der Waals surface area contributed by atoms with Crippen LogP contribution in [0.1, 0.15) is 39.2 Å². The molecule has 0 aromatic heterocycles. The summed E-state index contributed by atoms with van der Waals surface area (Å²) in [6, 6.07) is 9.44. The Kier molecular flexibility index (Phi) is 7.51. The molecule has 4 nitrogen and oxygen atoms in total. The molecule has 0 saturated carbocycles. The lowest BCUT2D eigenvalue weighted by Gasteiger charge is -2.13. The summed E-state index contributed by atoms with van der Waals surface area (Å²) in [5.74, 6) is 0.969. The second-order valence-corrected chi connectivity index (χ2v) is 5.89. The molecule has 0 bridgehead atoms. The van der Waals surface area contributed by atoms with Crippen LogP contribution < -0.4 is 5.32 Å².